The number of piperidine rings is 1. The van der Waals surface area contributed by atoms with E-state index in [1.807, 2.05) is 31.4 Å². The topological polar surface area (TPSA) is 21.7 Å². The van der Waals surface area contributed by atoms with E-state index in [2.05, 4.69) is 27.8 Å². The number of benzene rings is 1. The molecule has 2 rings (SSSR count). The van der Waals surface area contributed by atoms with Crippen molar-refractivity contribution in [3.8, 4) is 5.75 Å². The molecule has 1 saturated heterocycles. The van der Waals surface area contributed by atoms with Crippen LogP contribution in [-0.4, -0.2) is 44.4 Å². The monoisotopic (exact) mass is 383 g/mol. The number of nitrogens with zero attached hydrogens (tertiary/aromatic N) is 1. The van der Waals surface area contributed by atoms with E-state index in [0.29, 0.717) is 12.0 Å². The molecule has 0 saturated carbocycles. The van der Waals surface area contributed by atoms with E-state index in [0.717, 1.165) is 29.8 Å². The zero-order valence-electron chi connectivity index (χ0n) is 14.5. The van der Waals surface area contributed by atoms with Gasteiger partial charge in [0.05, 0.1) is 12.7 Å². The first-order valence-corrected chi connectivity index (χ1v) is 9.65. The third kappa shape index (κ3) is 6.44. The fraction of sp³-hybridized carbons (Fsp3) is 0.684. The highest BCUT2D eigenvalue weighted by molar-refractivity contribution is 9.10. The largest absolute Gasteiger partial charge is 0.494 e. The number of likely N-dealkylation sites (tertiary alicyclic amines) is 1. The number of methoxy groups -OCH3 is 1. The van der Waals surface area contributed by atoms with Crippen LogP contribution in [0.4, 0.5) is 0 Å². The highest BCUT2D eigenvalue weighted by Gasteiger charge is 2.28. The first kappa shape index (κ1) is 18.8. The lowest BCUT2D eigenvalue weighted by molar-refractivity contribution is -0.0180. The van der Waals surface area contributed by atoms with Crippen LogP contribution in [0.2, 0.25) is 0 Å². The first-order valence-electron chi connectivity index (χ1n) is 8.86. The molecule has 0 spiro atoms. The maximum Gasteiger partial charge on any atom is 0.119 e. The van der Waals surface area contributed by atoms with Crippen molar-refractivity contribution in [1.82, 2.24) is 4.90 Å². The molecule has 2 atom stereocenters. The molecular formula is C19H30BrNO2. The van der Waals surface area contributed by atoms with Gasteiger partial charge in [-0.25, -0.2) is 0 Å². The molecule has 130 valence electrons. The van der Waals surface area contributed by atoms with E-state index in [9.17, 15) is 0 Å². The molecule has 0 aromatic heterocycles. The van der Waals surface area contributed by atoms with Gasteiger partial charge in [0.1, 0.15) is 5.75 Å². The Bertz CT molecular complexity index is 438. The van der Waals surface area contributed by atoms with Crippen LogP contribution >= 0.6 is 15.9 Å². The molecule has 0 amide bonds. The fourth-order valence-corrected chi connectivity index (χ4v) is 3.54. The van der Waals surface area contributed by atoms with Crippen LogP contribution in [0.15, 0.2) is 28.7 Å². The molecule has 4 heteroatoms. The lowest BCUT2D eigenvalue weighted by atomic mass is 9.91. The highest BCUT2D eigenvalue weighted by Crippen LogP contribution is 2.24. The Labute approximate surface area is 149 Å². The molecule has 1 fully saturated rings. The Balaban J connectivity index is 1.71. The minimum absolute atomic E-state index is 0.346. The van der Waals surface area contributed by atoms with E-state index >= 15 is 0 Å². The van der Waals surface area contributed by atoms with Crippen LogP contribution in [-0.2, 0) is 4.74 Å². The van der Waals surface area contributed by atoms with Gasteiger partial charge < -0.3 is 14.4 Å². The number of unbranched alkanes of at least 4 members (excludes halogenated alkanes) is 2. The standard InChI is InChI=1S/C19H30BrNO2/c1-3-4-5-12-21-13-10-16(19(15-21)22-2)11-14-23-18-8-6-17(20)7-9-18/h6-9,16,19H,3-5,10-15H2,1-2H3/t16-,19-/m1/s1. The van der Waals surface area contributed by atoms with Gasteiger partial charge in [-0.3, -0.25) is 0 Å². The van der Waals surface area contributed by atoms with Gasteiger partial charge in [0.25, 0.3) is 0 Å². The highest BCUT2D eigenvalue weighted by atomic mass is 79.9. The Kier molecular flexibility index (Phi) is 8.41. The number of ether oxygens (including phenoxy) is 2. The molecule has 0 aliphatic carbocycles. The van der Waals surface area contributed by atoms with Crippen molar-refractivity contribution in [1.29, 1.82) is 0 Å². The lowest BCUT2D eigenvalue weighted by Gasteiger charge is -2.37. The zero-order chi connectivity index (χ0) is 16.5. The molecule has 1 aromatic rings. The summed E-state index contributed by atoms with van der Waals surface area (Å²) in [5, 5.41) is 0. The predicted octanol–water partition coefficient (Wildman–Crippen LogP) is 4.75. The van der Waals surface area contributed by atoms with Crippen molar-refractivity contribution in [2.75, 3.05) is 33.4 Å². The molecule has 1 heterocycles. The van der Waals surface area contributed by atoms with Crippen LogP contribution in [0.5, 0.6) is 5.75 Å². The number of hydrogen-bond donors (Lipinski definition) is 0. The third-order valence-electron chi connectivity index (χ3n) is 4.73. The van der Waals surface area contributed by atoms with Crippen molar-refractivity contribution in [2.24, 2.45) is 5.92 Å². The van der Waals surface area contributed by atoms with Gasteiger partial charge in [0, 0.05) is 18.1 Å². The van der Waals surface area contributed by atoms with Crippen molar-refractivity contribution in [2.45, 2.75) is 45.1 Å². The first-order chi connectivity index (χ1) is 11.2. The molecule has 23 heavy (non-hydrogen) atoms. The molecule has 0 radical (unpaired) electrons. The van der Waals surface area contributed by atoms with Gasteiger partial charge in [-0.1, -0.05) is 35.7 Å². The summed E-state index contributed by atoms with van der Waals surface area (Å²) in [6.45, 7) is 6.52. The Morgan fingerprint density at radius 1 is 1.22 bits per heavy atom. The number of hydrogen-bond acceptors (Lipinski definition) is 3. The van der Waals surface area contributed by atoms with Gasteiger partial charge in [-0.05, 0) is 62.5 Å². The second kappa shape index (κ2) is 10.3. The summed E-state index contributed by atoms with van der Waals surface area (Å²) in [7, 11) is 1.85. The van der Waals surface area contributed by atoms with Crippen LogP contribution in [0.3, 0.4) is 0 Å². The fourth-order valence-electron chi connectivity index (χ4n) is 3.27. The summed E-state index contributed by atoms with van der Waals surface area (Å²) in [5.41, 5.74) is 0. The Morgan fingerprint density at radius 2 is 2.00 bits per heavy atom. The smallest absolute Gasteiger partial charge is 0.119 e. The second-order valence-electron chi connectivity index (χ2n) is 6.42. The predicted molar refractivity (Wildman–Crippen MR) is 99.1 cm³/mol. The van der Waals surface area contributed by atoms with Crippen LogP contribution in [0.25, 0.3) is 0 Å². The van der Waals surface area contributed by atoms with E-state index in [-0.39, 0.29) is 0 Å². The SMILES string of the molecule is CCCCCN1CC[C@H](CCOc2ccc(Br)cc2)[C@H](OC)C1. The van der Waals surface area contributed by atoms with Gasteiger partial charge in [0.2, 0.25) is 0 Å². The summed E-state index contributed by atoms with van der Waals surface area (Å²) in [6, 6.07) is 8.05. The zero-order valence-corrected chi connectivity index (χ0v) is 16.1. The van der Waals surface area contributed by atoms with Gasteiger partial charge >= 0.3 is 0 Å². The minimum Gasteiger partial charge on any atom is -0.494 e. The van der Waals surface area contributed by atoms with Crippen molar-refractivity contribution in [3.05, 3.63) is 28.7 Å². The average Bonchev–Trinajstić information content (AvgIpc) is 2.58. The van der Waals surface area contributed by atoms with Gasteiger partial charge in [-0.15, -0.1) is 0 Å². The van der Waals surface area contributed by atoms with E-state index < -0.39 is 0 Å². The summed E-state index contributed by atoms with van der Waals surface area (Å²) in [5.74, 6) is 1.55. The van der Waals surface area contributed by atoms with Gasteiger partial charge in [0.15, 0.2) is 0 Å². The van der Waals surface area contributed by atoms with Crippen LogP contribution in [0.1, 0.15) is 39.0 Å². The Hall–Kier alpha value is -0.580. The molecular weight excluding hydrogens is 354 g/mol. The van der Waals surface area contributed by atoms with Crippen LogP contribution < -0.4 is 4.74 Å². The van der Waals surface area contributed by atoms with E-state index in [1.54, 1.807) is 0 Å². The molecule has 1 aliphatic heterocycles. The normalized spacial score (nSPS) is 22.2. The van der Waals surface area contributed by atoms with Gasteiger partial charge in [-0.2, -0.15) is 0 Å². The second-order valence-corrected chi connectivity index (χ2v) is 7.34. The summed E-state index contributed by atoms with van der Waals surface area (Å²) in [4.78, 5) is 2.57. The maximum absolute atomic E-state index is 5.87. The maximum atomic E-state index is 5.87. The quantitative estimate of drug-likeness (QED) is 0.574. The van der Waals surface area contributed by atoms with Crippen molar-refractivity contribution < 1.29 is 9.47 Å². The van der Waals surface area contributed by atoms with E-state index in [4.69, 9.17) is 9.47 Å². The molecule has 1 aliphatic rings. The molecule has 1 aromatic carbocycles. The summed E-state index contributed by atoms with van der Waals surface area (Å²) >= 11 is 3.44. The number of rotatable bonds is 9. The van der Waals surface area contributed by atoms with Crippen molar-refractivity contribution >= 4 is 15.9 Å². The number of halogens is 1. The van der Waals surface area contributed by atoms with Crippen LogP contribution in [0, 0.1) is 5.92 Å². The summed E-state index contributed by atoms with van der Waals surface area (Å²) < 4.78 is 12.7. The molecule has 0 unspecified atom stereocenters. The minimum atomic E-state index is 0.346. The lowest BCUT2D eigenvalue weighted by Crippen LogP contribution is -2.45. The third-order valence-corrected chi connectivity index (χ3v) is 5.26. The molecule has 0 N–H and O–H groups in total. The average molecular weight is 384 g/mol. The Morgan fingerprint density at radius 3 is 2.70 bits per heavy atom. The molecule has 3 nitrogen and oxygen atoms in total. The van der Waals surface area contributed by atoms with E-state index in [1.165, 1.54) is 38.8 Å². The summed E-state index contributed by atoms with van der Waals surface area (Å²) in [6.07, 6.45) is 6.56. The van der Waals surface area contributed by atoms with Crippen molar-refractivity contribution in [3.63, 3.8) is 0 Å². The molecule has 0 bridgehead atoms.